The molecular formula is C77H99N5O13S2. The van der Waals surface area contributed by atoms with E-state index in [-0.39, 0.29) is 112 Å². The van der Waals surface area contributed by atoms with Crippen LogP contribution in [0.25, 0.3) is 0 Å². The van der Waals surface area contributed by atoms with Gasteiger partial charge in [-0.2, -0.15) is 0 Å². The second kappa shape index (κ2) is 26.2. The summed E-state index contributed by atoms with van der Waals surface area (Å²) in [5, 5.41) is 123. The molecule has 0 radical (unpaired) electrons. The quantitative estimate of drug-likeness (QED) is 0.0166. The summed E-state index contributed by atoms with van der Waals surface area (Å²) in [7, 11) is 2.95. The number of esters is 1. The minimum Gasteiger partial charge on any atom is -0.508 e. The maximum atomic E-state index is 16.6. The molecule has 1 aromatic heterocycles. The van der Waals surface area contributed by atoms with Crippen molar-refractivity contribution >= 4 is 45.1 Å². The highest BCUT2D eigenvalue weighted by molar-refractivity contribution is 8.76. The third kappa shape index (κ3) is 11.1. The van der Waals surface area contributed by atoms with E-state index >= 15 is 14.7 Å². The summed E-state index contributed by atoms with van der Waals surface area (Å²) in [4.78, 5) is 54.4. The highest BCUT2D eigenvalue weighted by atomic mass is 33.1. The van der Waals surface area contributed by atoms with E-state index in [1.165, 1.54) is 27.2 Å². The van der Waals surface area contributed by atoms with Crippen LogP contribution in [0.15, 0.2) is 113 Å². The SMILES string of the molecule is CC[C@H]1OC(=O)[C@@H](c2cc[nH]c2)[C@@H]1[C@@H]1C#CC[C@@H]2C[C@@]3(O)C4=C5N[C@@H](CO)C(=O)C[C@@H](c6ccc(O)cc6)CSSC[C@H]6[C@@H](O)[C@@H](O)C[C@@](C)([C@@H]6C5=O)[C@H]4CC[C@]3(CCNC(N)=NCc3ccccc3)[C@H]2[C@@](C)(O)[C@@]2(O)CC[C@]34[C@@H]([C@H](C=C[C@H]13)C=C1CC[C@@H](C)C[C@@H]14)[C@H](C(O)O)C2. The van der Waals surface area contributed by atoms with E-state index in [0.717, 1.165) is 36.0 Å². The Labute approximate surface area is 577 Å². The maximum absolute atomic E-state index is 16.6. The lowest BCUT2D eigenvalue weighted by Gasteiger charge is -2.64. The van der Waals surface area contributed by atoms with Gasteiger partial charge in [-0.25, -0.2) is 4.99 Å². The van der Waals surface area contributed by atoms with Gasteiger partial charge < -0.3 is 72.0 Å². The number of ether oxygens (including phenoxy) is 1. The van der Waals surface area contributed by atoms with Gasteiger partial charge in [0, 0.05) is 90.1 Å². The lowest BCUT2D eigenvalue weighted by atomic mass is 9.41. The van der Waals surface area contributed by atoms with Gasteiger partial charge in [0.15, 0.2) is 23.8 Å². The third-order valence-corrected chi connectivity index (χ3v) is 29.7. The molecule has 5 saturated carbocycles. The average Bonchev–Trinajstić information content (AvgIpc) is 1.61. The van der Waals surface area contributed by atoms with Gasteiger partial charge in [0.1, 0.15) is 17.9 Å². The van der Waals surface area contributed by atoms with Gasteiger partial charge in [0.25, 0.3) is 0 Å². The molecule has 11 aliphatic rings. The Bertz CT molecular complexity index is 3670. The summed E-state index contributed by atoms with van der Waals surface area (Å²) in [6, 6.07) is 16.9. The summed E-state index contributed by atoms with van der Waals surface area (Å²) in [6.07, 6.45) is 9.27. The number of phenolic OH excluding ortho intramolecular Hbond substituents is 1. The number of nitrogens with one attached hydrogen (secondary N) is 3. The van der Waals surface area contributed by atoms with Crippen LogP contribution in [0.3, 0.4) is 0 Å². The molecular weight excluding hydrogens is 1270 g/mol. The van der Waals surface area contributed by atoms with Crippen LogP contribution in [0.1, 0.15) is 146 Å². The highest BCUT2D eigenvalue weighted by Crippen LogP contribution is 2.76. The predicted octanol–water partition coefficient (Wildman–Crippen LogP) is 7.70. The molecule has 522 valence electrons. The number of nitrogens with zero attached hydrogens (tertiary/aromatic N) is 1. The monoisotopic (exact) mass is 1370 g/mol. The number of aromatic nitrogens is 1. The fourth-order valence-electron chi connectivity index (χ4n) is 23.0. The molecule has 0 unspecified atom stereocenters. The number of hydrogen-bond acceptors (Lipinski definition) is 17. The van der Waals surface area contributed by atoms with Crippen LogP contribution in [0.5, 0.6) is 5.75 Å². The zero-order valence-corrected chi connectivity index (χ0v) is 57.8. The molecule has 9 aliphatic carbocycles. The molecule has 20 heteroatoms. The van der Waals surface area contributed by atoms with Crippen LogP contribution in [0.4, 0.5) is 0 Å². The zero-order chi connectivity index (χ0) is 68.3. The van der Waals surface area contributed by atoms with Crippen molar-refractivity contribution in [2.45, 2.75) is 183 Å². The number of hydrogen-bond donors (Lipinski definition) is 13. The molecule has 25 atom stereocenters. The maximum Gasteiger partial charge on any atom is 0.314 e. The molecule has 2 aliphatic heterocycles. The number of benzene rings is 2. The van der Waals surface area contributed by atoms with E-state index < -0.39 is 153 Å². The number of aromatic hydroxyl groups is 1. The largest absolute Gasteiger partial charge is 0.508 e. The van der Waals surface area contributed by atoms with Crippen LogP contribution in [-0.4, -0.2) is 147 Å². The molecule has 1 spiro atoms. The number of nitrogens with two attached hydrogens (primary N) is 1. The fraction of sp³-hybridized carbons (Fsp3) is 0.636. The van der Waals surface area contributed by atoms with Gasteiger partial charge >= 0.3 is 5.97 Å². The number of guanidine groups is 1. The van der Waals surface area contributed by atoms with Crippen molar-refractivity contribution < 1.29 is 65.1 Å². The molecule has 0 amide bonds. The van der Waals surface area contributed by atoms with Crippen LogP contribution < -0.4 is 16.4 Å². The highest BCUT2D eigenvalue weighted by Gasteiger charge is 2.77. The van der Waals surface area contributed by atoms with Crippen LogP contribution in [0.2, 0.25) is 0 Å². The number of aliphatic hydroxyl groups excluding tert-OH is 4. The second-order valence-corrected chi connectivity index (χ2v) is 34.3. The number of fused-ring (bicyclic) bond motifs is 10. The number of allylic oxidation sites excluding steroid dienone is 5. The Hall–Kier alpha value is -5.44. The Morgan fingerprint density at radius 1 is 0.928 bits per heavy atom. The molecule has 5 bridgehead atoms. The molecule has 3 aromatic rings. The van der Waals surface area contributed by atoms with Crippen LogP contribution in [-0.2, 0) is 25.7 Å². The van der Waals surface area contributed by atoms with Gasteiger partial charge in [-0.3, -0.25) is 14.4 Å². The van der Waals surface area contributed by atoms with Crippen molar-refractivity contribution in [2.75, 3.05) is 24.7 Å². The summed E-state index contributed by atoms with van der Waals surface area (Å²) >= 11 is 0. The van der Waals surface area contributed by atoms with E-state index in [9.17, 15) is 45.6 Å². The standard InChI is InChI=1S/C77H99N5O13S2/c1-5-59-61(60(70(91)95-59)47-23-28-79-37-47)50-13-9-12-46-33-77(94)64-54(72(3)35-58(86)66(87)52-40-97-96-39-48(43-16-19-49(84)20-17-43)32-57(85)56(38-83)82-65(64)67(88)63(52)72)22-24-74(77,27-29-80-71(78)81-36-42-10-7-6-8-11-42)68(46)73(4,92)75(93)25-26-76-53(50)21-18-45(62(76)51(34-75)69(89)90)31-44-15-14-41(2)30-55(44)76/h6-8,10-11,16-21,23,28,31,37,41,45-46,48,50-56,58-63,66,68-69,79,82-84,86-87,89-90,92-94H,5,12,14-15,22,24-27,29-30,32-36,38-40H2,1-4H3,(H3,78,80,81)/t41-,45-,46-,48-,50-,51-,52-,53-,54+,55+,56+,58+,59-,60+,61-,62+,63+,66-,68-,72-,73-,74+,75-,76+,77-/m1/s1. The molecule has 14 N–H and O–H groups in total. The first-order chi connectivity index (χ1) is 46.4. The Morgan fingerprint density at radius 2 is 1.70 bits per heavy atom. The first-order valence-electron chi connectivity index (χ1n) is 35.8. The van der Waals surface area contributed by atoms with Gasteiger partial charge in [-0.05, 0) is 177 Å². The molecule has 97 heavy (non-hydrogen) atoms. The van der Waals surface area contributed by atoms with E-state index in [0.29, 0.717) is 30.1 Å². The lowest BCUT2D eigenvalue weighted by Crippen LogP contribution is -2.69. The summed E-state index contributed by atoms with van der Waals surface area (Å²) in [5.74, 6) is -0.857. The number of H-pyrrole nitrogens is 1. The number of aliphatic imine (C=N–C) groups is 1. The van der Waals surface area contributed by atoms with Gasteiger partial charge in [0.2, 0.25) is 0 Å². The number of phenols is 1. The molecule has 18 nitrogen and oxygen atoms in total. The van der Waals surface area contributed by atoms with Crippen LogP contribution >= 0.6 is 21.6 Å². The number of Topliss-reactive ketones (excluding diaryl/α,β-unsaturated/α-hetero) is 2. The summed E-state index contributed by atoms with van der Waals surface area (Å²) in [6.45, 7) is 7.60. The molecule has 2 aromatic carbocycles. The van der Waals surface area contributed by atoms with E-state index in [4.69, 9.17) is 15.5 Å². The topological polar surface area (TPSA) is 321 Å². The minimum absolute atomic E-state index is 0.00151. The van der Waals surface area contributed by atoms with Gasteiger partial charge in [-0.1, -0.05) is 115 Å². The lowest BCUT2D eigenvalue weighted by molar-refractivity contribution is -0.235. The number of ketones is 2. The summed E-state index contributed by atoms with van der Waals surface area (Å²) in [5.41, 5.74) is 1.11. The first kappa shape index (κ1) is 68.7. The smallest absolute Gasteiger partial charge is 0.314 e. The third-order valence-electron chi connectivity index (χ3n) is 27.2. The van der Waals surface area contributed by atoms with Crippen molar-refractivity contribution in [1.29, 1.82) is 0 Å². The summed E-state index contributed by atoms with van der Waals surface area (Å²) < 4.78 is 6.47. The normalized spacial score (nSPS) is 44.0. The number of aromatic amines is 1. The Kier molecular flexibility index (Phi) is 18.5. The van der Waals surface area contributed by atoms with Gasteiger partial charge in [-0.15, -0.1) is 5.92 Å². The number of carbonyl (C=O) groups is 3. The van der Waals surface area contributed by atoms with Crippen molar-refractivity contribution in [2.24, 2.45) is 104 Å². The first-order valence-corrected chi connectivity index (χ1v) is 38.3. The van der Waals surface area contributed by atoms with Crippen molar-refractivity contribution in [3.8, 4) is 17.6 Å². The van der Waals surface area contributed by atoms with Crippen molar-refractivity contribution in [3.05, 3.63) is 125 Å². The molecule has 2 saturated heterocycles. The molecule has 7 fully saturated rings. The number of rotatable bonds is 11. The average molecular weight is 1370 g/mol. The van der Waals surface area contributed by atoms with Crippen molar-refractivity contribution in [1.82, 2.24) is 15.6 Å². The number of carbonyl (C=O) groups excluding carboxylic acids is 3. The van der Waals surface area contributed by atoms with Crippen LogP contribution in [0, 0.1) is 105 Å². The minimum atomic E-state index is -2.17. The van der Waals surface area contributed by atoms with E-state index in [2.05, 4.69) is 52.6 Å². The second-order valence-electron chi connectivity index (χ2n) is 31.8. The van der Waals surface area contributed by atoms with Crippen molar-refractivity contribution in [3.63, 3.8) is 0 Å². The number of cyclic esters (lactones) is 1. The molecule has 3 heterocycles. The van der Waals surface area contributed by atoms with E-state index in [1.807, 2.05) is 62.6 Å². The predicted molar refractivity (Wildman–Crippen MR) is 370 cm³/mol. The van der Waals surface area contributed by atoms with E-state index in [1.54, 1.807) is 31.2 Å². The Balaban J connectivity index is 0.984. The Morgan fingerprint density at radius 3 is 2.43 bits per heavy atom. The number of aliphatic hydroxyl groups is 8. The zero-order valence-electron chi connectivity index (χ0n) is 56.1. The van der Waals surface area contributed by atoms with Gasteiger partial charge in [0.05, 0.1) is 53.8 Å². The molecule has 14 rings (SSSR count). The fourth-order valence-corrected chi connectivity index (χ4v) is 25.7.